The fourth-order valence-electron chi connectivity index (χ4n) is 2.13. The fraction of sp³-hybridized carbons (Fsp3) is 0.667. The van der Waals surface area contributed by atoms with Gasteiger partial charge in [0.1, 0.15) is 5.82 Å². The molecule has 0 spiro atoms. The predicted octanol–water partition coefficient (Wildman–Crippen LogP) is 2.82. The number of hydrogen-bond acceptors (Lipinski definition) is 3. The molecule has 0 radical (unpaired) electrons. The van der Waals surface area contributed by atoms with Crippen LogP contribution < -0.4 is 10.2 Å². The number of aromatic nitrogens is 1. The molecule has 0 amide bonds. The Kier molecular flexibility index (Phi) is 5.00. The Balaban J connectivity index is 1.95. The molecule has 0 saturated heterocycles. The van der Waals surface area contributed by atoms with Crippen molar-refractivity contribution >= 4 is 5.82 Å². The number of nitrogens with zero attached hydrogens (tertiary/aromatic N) is 2. The molecule has 100 valence electrons. The Morgan fingerprint density at radius 3 is 2.83 bits per heavy atom. The fourth-order valence-corrected chi connectivity index (χ4v) is 2.13. The molecule has 1 aromatic heterocycles. The first-order valence-corrected chi connectivity index (χ1v) is 7.25. The van der Waals surface area contributed by atoms with E-state index >= 15 is 0 Å². The summed E-state index contributed by atoms with van der Waals surface area (Å²) in [5.74, 6) is 2.05. The molecule has 1 N–H and O–H groups in total. The molecule has 0 aliphatic heterocycles. The van der Waals surface area contributed by atoms with Gasteiger partial charge in [0.15, 0.2) is 0 Å². The molecule has 1 fully saturated rings. The van der Waals surface area contributed by atoms with Crippen molar-refractivity contribution in [2.75, 3.05) is 24.5 Å². The third-order valence-corrected chi connectivity index (χ3v) is 3.41. The van der Waals surface area contributed by atoms with E-state index < -0.39 is 0 Å². The van der Waals surface area contributed by atoms with Crippen LogP contribution in [0.15, 0.2) is 18.2 Å². The highest BCUT2D eigenvalue weighted by Gasteiger charge is 2.24. The van der Waals surface area contributed by atoms with Crippen molar-refractivity contribution in [1.82, 2.24) is 10.3 Å². The third-order valence-electron chi connectivity index (χ3n) is 3.41. The van der Waals surface area contributed by atoms with Gasteiger partial charge in [0, 0.05) is 19.6 Å². The van der Waals surface area contributed by atoms with Crippen molar-refractivity contribution in [3.05, 3.63) is 23.9 Å². The molecule has 3 heteroatoms. The lowest BCUT2D eigenvalue weighted by Gasteiger charge is -2.22. The first-order valence-electron chi connectivity index (χ1n) is 7.25. The van der Waals surface area contributed by atoms with Crippen LogP contribution in [0.1, 0.15) is 38.8 Å². The molecule has 1 saturated carbocycles. The Morgan fingerprint density at radius 2 is 2.17 bits per heavy atom. The van der Waals surface area contributed by atoms with E-state index in [0.29, 0.717) is 0 Å². The van der Waals surface area contributed by atoms with Crippen LogP contribution >= 0.6 is 0 Å². The molecular formula is C15H25N3. The summed E-state index contributed by atoms with van der Waals surface area (Å²) in [5.41, 5.74) is 1.15. The number of pyridine rings is 1. The van der Waals surface area contributed by atoms with E-state index in [0.717, 1.165) is 37.1 Å². The van der Waals surface area contributed by atoms with Crippen LogP contribution in [0, 0.1) is 5.92 Å². The van der Waals surface area contributed by atoms with E-state index in [1.54, 1.807) is 0 Å². The van der Waals surface area contributed by atoms with Gasteiger partial charge in [-0.25, -0.2) is 4.98 Å². The number of nitrogens with one attached hydrogen (secondary N) is 1. The molecule has 1 aromatic rings. The minimum absolute atomic E-state index is 0.878. The van der Waals surface area contributed by atoms with Crippen LogP contribution in [-0.4, -0.2) is 24.6 Å². The van der Waals surface area contributed by atoms with E-state index in [1.807, 2.05) is 0 Å². The average Bonchev–Trinajstić information content (AvgIpc) is 3.21. The lowest BCUT2D eigenvalue weighted by molar-refractivity contribution is 0.660. The molecule has 0 unspecified atom stereocenters. The zero-order valence-corrected chi connectivity index (χ0v) is 11.7. The van der Waals surface area contributed by atoms with Gasteiger partial charge in [-0.2, -0.15) is 0 Å². The Bertz CT molecular complexity index is 361. The molecule has 2 rings (SSSR count). The van der Waals surface area contributed by atoms with Gasteiger partial charge in [0.05, 0.1) is 5.69 Å². The van der Waals surface area contributed by atoms with Crippen molar-refractivity contribution in [2.24, 2.45) is 5.92 Å². The summed E-state index contributed by atoms with van der Waals surface area (Å²) in [4.78, 5) is 7.16. The summed E-state index contributed by atoms with van der Waals surface area (Å²) >= 11 is 0. The molecule has 0 bridgehead atoms. The average molecular weight is 247 g/mol. The quantitative estimate of drug-likeness (QED) is 0.716. The highest BCUT2D eigenvalue weighted by Crippen LogP contribution is 2.30. The predicted molar refractivity (Wildman–Crippen MR) is 76.8 cm³/mol. The van der Waals surface area contributed by atoms with Crippen LogP contribution in [0.3, 0.4) is 0 Å². The molecule has 3 nitrogen and oxygen atoms in total. The number of anilines is 1. The summed E-state index contributed by atoms with van der Waals surface area (Å²) in [7, 11) is 0. The molecule has 0 atom stereocenters. The molecule has 1 heterocycles. The second-order valence-electron chi connectivity index (χ2n) is 5.15. The second-order valence-corrected chi connectivity index (χ2v) is 5.15. The topological polar surface area (TPSA) is 28.2 Å². The zero-order chi connectivity index (χ0) is 12.8. The third kappa shape index (κ3) is 3.98. The first kappa shape index (κ1) is 13.3. The summed E-state index contributed by atoms with van der Waals surface area (Å²) in [6.07, 6.45) is 3.96. The summed E-state index contributed by atoms with van der Waals surface area (Å²) in [6.45, 7) is 8.57. The summed E-state index contributed by atoms with van der Waals surface area (Å²) in [6, 6.07) is 6.37. The van der Waals surface area contributed by atoms with Gasteiger partial charge in [-0.3, -0.25) is 0 Å². The monoisotopic (exact) mass is 247 g/mol. The largest absolute Gasteiger partial charge is 0.357 e. The second kappa shape index (κ2) is 6.74. The minimum Gasteiger partial charge on any atom is -0.357 e. The van der Waals surface area contributed by atoms with E-state index in [2.05, 4.69) is 42.3 Å². The summed E-state index contributed by atoms with van der Waals surface area (Å²) < 4.78 is 0. The molecule has 0 aromatic carbocycles. The maximum absolute atomic E-state index is 4.76. The number of hydrogen-bond donors (Lipinski definition) is 1. The molecule has 1 aliphatic carbocycles. The lowest BCUT2D eigenvalue weighted by Crippen LogP contribution is -2.26. The maximum Gasteiger partial charge on any atom is 0.128 e. The Labute approximate surface area is 111 Å². The van der Waals surface area contributed by atoms with Gasteiger partial charge in [-0.1, -0.05) is 13.0 Å². The normalized spacial score (nSPS) is 14.8. The number of rotatable bonds is 8. The van der Waals surface area contributed by atoms with Crippen LogP contribution in [0.2, 0.25) is 0 Å². The van der Waals surface area contributed by atoms with E-state index in [9.17, 15) is 0 Å². The zero-order valence-electron chi connectivity index (χ0n) is 11.7. The first-order chi connectivity index (χ1) is 8.83. The van der Waals surface area contributed by atoms with Gasteiger partial charge >= 0.3 is 0 Å². The van der Waals surface area contributed by atoms with Crippen molar-refractivity contribution in [1.29, 1.82) is 0 Å². The molecule has 1 aliphatic rings. The van der Waals surface area contributed by atoms with Crippen molar-refractivity contribution < 1.29 is 0 Å². The van der Waals surface area contributed by atoms with Crippen LogP contribution in [-0.2, 0) is 6.54 Å². The van der Waals surface area contributed by atoms with E-state index in [4.69, 9.17) is 4.98 Å². The minimum atomic E-state index is 0.878. The van der Waals surface area contributed by atoms with Crippen molar-refractivity contribution in [3.8, 4) is 0 Å². The van der Waals surface area contributed by atoms with Crippen LogP contribution in [0.5, 0.6) is 0 Å². The van der Waals surface area contributed by atoms with E-state index in [1.165, 1.54) is 25.8 Å². The lowest BCUT2D eigenvalue weighted by atomic mass is 10.3. The molecule has 18 heavy (non-hydrogen) atoms. The summed E-state index contributed by atoms with van der Waals surface area (Å²) in [5, 5.41) is 3.41. The highest BCUT2D eigenvalue weighted by atomic mass is 15.2. The van der Waals surface area contributed by atoms with Crippen molar-refractivity contribution in [3.63, 3.8) is 0 Å². The van der Waals surface area contributed by atoms with Gasteiger partial charge in [-0.05, 0) is 50.8 Å². The Morgan fingerprint density at radius 1 is 1.33 bits per heavy atom. The smallest absolute Gasteiger partial charge is 0.128 e. The van der Waals surface area contributed by atoms with Gasteiger partial charge in [-0.15, -0.1) is 0 Å². The van der Waals surface area contributed by atoms with Gasteiger partial charge < -0.3 is 10.2 Å². The van der Waals surface area contributed by atoms with Crippen LogP contribution in [0.4, 0.5) is 5.82 Å². The van der Waals surface area contributed by atoms with Gasteiger partial charge in [0.2, 0.25) is 0 Å². The Hall–Kier alpha value is -1.09. The van der Waals surface area contributed by atoms with E-state index in [-0.39, 0.29) is 0 Å². The SMILES string of the molecule is CCCNCc1cccc(N(CC)CC2CC2)n1. The highest BCUT2D eigenvalue weighted by molar-refractivity contribution is 5.39. The molecular weight excluding hydrogens is 222 g/mol. The standard InChI is InChI=1S/C15H25N3/c1-3-10-16-11-14-6-5-7-15(17-14)18(4-2)12-13-8-9-13/h5-7,13,16H,3-4,8-12H2,1-2H3. The van der Waals surface area contributed by atoms with Crippen molar-refractivity contribution in [2.45, 2.75) is 39.7 Å². The van der Waals surface area contributed by atoms with Gasteiger partial charge in [0.25, 0.3) is 0 Å². The van der Waals surface area contributed by atoms with Crippen LogP contribution in [0.25, 0.3) is 0 Å². The maximum atomic E-state index is 4.76.